The molecule has 11 nitrogen and oxygen atoms in total. The van der Waals surface area contributed by atoms with E-state index in [2.05, 4.69) is 19.8 Å². The number of fused-ring (bicyclic) bond motifs is 1. The molecule has 1 unspecified atom stereocenters. The number of nitrogens with zero attached hydrogens (tertiary/aromatic N) is 7. The number of benzene rings is 1. The van der Waals surface area contributed by atoms with Crippen LogP contribution in [0.3, 0.4) is 0 Å². The van der Waals surface area contributed by atoms with Gasteiger partial charge in [0.1, 0.15) is 11.9 Å². The minimum absolute atomic E-state index is 0.0867. The van der Waals surface area contributed by atoms with Gasteiger partial charge in [-0.3, -0.25) is 9.98 Å². The molecule has 0 amide bonds. The van der Waals surface area contributed by atoms with Crippen LogP contribution >= 0.6 is 22.9 Å². The highest BCUT2D eigenvalue weighted by molar-refractivity contribution is 7.87. The van der Waals surface area contributed by atoms with Crippen LogP contribution in [0.5, 0.6) is 0 Å². The number of piperidine rings is 1. The lowest BCUT2D eigenvalue weighted by atomic mass is 9.86. The maximum absolute atomic E-state index is 14.1. The monoisotopic (exact) mass is 704 g/mol. The molecule has 2 saturated heterocycles. The molecule has 1 aromatic carbocycles. The topological polar surface area (TPSA) is 129 Å². The Balaban J connectivity index is 1.23. The van der Waals surface area contributed by atoms with E-state index >= 15 is 0 Å². The predicted molar refractivity (Wildman–Crippen MR) is 169 cm³/mol. The van der Waals surface area contributed by atoms with Gasteiger partial charge in [0.05, 0.1) is 11.3 Å². The van der Waals surface area contributed by atoms with Gasteiger partial charge in [-0.15, -0.1) is 11.3 Å². The summed E-state index contributed by atoms with van der Waals surface area (Å²) >= 11 is 7.85. The van der Waals surface area contributed by atoms with Crippen molar-refractivity contribution in [3.05, 3.63) is 105 Å². The summed E-state index contributed by atoms with van der Waals surface area (Å²) in [5.41, 5.74) is 1.12. The zero-order chi connectivity index (χ0) is 32.9. The molecule has 3 aliphatic rings. The number of alkyl halides is 2. The van der Waals surface area contributed by atoms with Crippen LogP contribution in [0.15, 0.2) is 77.3 Å². The molecule has 0 spiro atoms. The summed E-state index contributed by atoms with van der Waals surface area (Å²) in [6, 6.07) is 7.30. The third-order valence-electron chi connectivity index (χ3n) is 8.63. The molecular weight excluding hydrogens is 677 g/mol. The van der Waals surface area contributed by atoms with E-state index in [1.807, 2.05) is 4.90 Å². The summed E-state index contributed by atoms with van der Waals surface area (Å²) in [5.74, 6) is -0.109. The number of hydrogen-bond acceptors (Lipinski definition) is 9. The zero-order valence-electron chi connectivity index (χ0n) is 24.5. The highest BCUT2D eigenvalue weighted by Crippen LogP contribution is 2.46. The van der Waals surface area contributed by atoms with E-state index in [0.29, 0.717) is 37.9 Å². The van der Waals surface area contributed by atoms with Crippen molar-refractivity contribution in [2.24, 2.45) is 4.99 Å². The van der Waals surface area contributed by atoms with Gasteiger partial charge < -0.3 is 10.0 Å². The average Bonchev–Trinajstić information content (AvgIpc) is 3.83. The molecule has 47 heavy (non-hydrogen) atoms. The minimum atomic E-state index is -4.01. The van der Waals surface area contributed by atoms with Gasteiger partial charge in [0, 0.05) is 89.7 Å². The lowest BCUT2D eigenvalue weighted by Gasteiger charge is -2.37. The first-order valence-corrected chi connectivity index (χ1v) is 17.4. The van der Waals surface area contributed by atoms with Crippen molar-refractivity contribution in [1.29, 1.82) is 0 Å². The van der Waals surface area contributed by atoms with E-state index in [1.54, 1.807) is 36.1 Å². The van der Waals surface area contributed by atoms with Gasteiger partial charge in [-0.1, -0.05) is 23.7 Å². The Hall–Kier alpha value is -3.67. The van der Waals surface area contributed by atoms with Crippen molar-refractivity contribution in [2.45, 2.75) is 43.5 Å². The third-order valence-corrected chi connectivity index (χ3v) is 11.4. The molecule has 3 aromatic heterocycles. The number of aliphatic hydroxyl groups is 1. The smallest absolute Gasteiger partial charge is 0.333 e. The molecule has 0 aliphatic carbocycles. The van der Waals surface area contributed by atoms with E-state index in [0.717, 1.165) is 12.3 Å². The fourth-order valence-corrected chi connectivity index (χ4v) is 8.64. The van der Waals surface area contributed by atoms with Crippen LogP contribution in [0.1, 0.15) is 53.7 Å². The maximum Gasteiger partial charge on any atom is 0.333 e. The van der Waals surface area contributed by atoms with Crippen molar-refractivity contribution in [2.75, 3.05) is 19.6 Å². The Labute approximate surface area is 277 Å². The second-order valence-electron chi connectivity index (χ2n) is 11.5. The lowest BCUT2D eigenvalue weighted by Crippen LogP contribution is -2.51. The van der Waals surface area contributed by atoms with Crippen molar-refractivity contribution < 1.29 is 26.7 Å². The molecule has 246 valence electrons. The van der Waals surface area contributed by atoms with Gasteiger partial charge in [-0.2, -0.15) is 31.3 Å². The Morgan fingerprint density at radius 3 is 2.62 bits per heavy atom. The van der Waals surface area contributed by atoms with Crippen LogP contribution in [0, 0.1) is 5.82 Å². The van der Waals surface area contributed by atoms with Crippen molar-refractivity contribution >= 4 is 44.6 Å². The standard InChI is InChI=1S/C30H28ClF3N8O3S2/c31-22-14-19(32)3-4-21(22)26-25(23-5-10-42(38-23)29(33)34)24-15-20(17-41(24)27(37-26)28-36-9-13-46-28)39-47(44,45)40-11-6-30(43,7-12-40)18-2-1-8-35-16-18/h1-5,8-10,13-14,16,20,26,29,39,43H,6-7,11-12,15,17H2/t20?,26-/m0/s1. The van der Waals surface area contributed by atoms with Gasteiger partial charge >= 0.3 is 6.55 Å². The fourth-order valence-electron chi connectivity index (χ4n) is 6.34. The normalized spacial score (nSPS) is 21.7. The number of nitrogens with one attached hydrogen (secondary N) is 1. The Kier molecular flexibility index (Phi) is 8.42. The molecule has 0 saturated carbocycles. The minimum Gasteiger partial charge on any atom is -0.385 e. The van der Waals surface area contributed by atoms with Crippen LogP contribution in [0.4, 0.5) is 13.2 Å². The van der Waals surface area contributed by atoms with Crippen molar-refractivity contribution in [3.63, 3.8) is 0 Å². The van der Waals surface area contributed by atoms with Crippen LogP contribution < -0.4 is 4.72 Å². The van der Waals surface area contributed by atoms with Gasteiger partial charge in [0.25, 0.3) is 10.2 Å². The predicted octanol–water partition coefficient (Wildman–Crippen LogP) is 4.73. The quantitative estimate of drug-likeness (QED) is 0.272. The number of aromatic nitrogens is 4. The van der Waals surface area contributed by atoms with E-state index in [4.69, 9.17) is 16.6 Å². The van der Waals surface area contributed by atoms with Gasteiger partial charge in [-0.05, 0) is 37.1 Å². The van der Waals surface area contributed by atoms with Gasteiger partial charge in [0.2, 0.25) is 0 Å². The lowest BCUT2D eigenvalue weighted by molar-refractivity contribution is -0.0101. The molecule has 3 aliphatic heterocycles. The van der Waals surface area contributed by atoms with Gasteiger partial charge in [0.15, 0.2) is 10.8 Å². The maximum atomic E-state index is 14.1. The van der Waals surface area contributed by atoms with E-state index in [1.165, 1.54) is 33.8 Å². The summed E-state index contributed by atoms with van der Waals surface area (Å²) in [7, 11) is -4.01. The zero-order valence-corrected chi connectivity index (χ0v) is 26.9. The number of amidine groups is 1. The second-order valence-corrected chi connectivity index (χ2v) is 14.5. The summed E-state index contributed by atoms with van der Waals surface area (Å²) in [6.45, 7) is -2.54. The summed E-state index contributed by atoms with van der Waals surface area (Å²) < 4.78 is 73.4. The second kappa shape index (κ2) is 12.4. The molecule has 7 rings (SSSR count). The Bertz CT molecular complexity index is 1950. The van der Waals surface area contributed by atoms with E-state index in [9.17, 15) is 26.7 Å². The number of thiazole rings is 1. The molecule has 0 radical (unpaired) electrons. The molecular formula is C30H28ClF3N8O3S2. The number of halogens is 4. The van der Waals surface area contributed by atoms with Crippen LogP contribution in [0.2, 0.25) is 5.02 Å². The number of pyridine rings is 1. The summed E-state index contributed by atoms with van der Waals surface area (Å²) in [5, 5.41) is 17.7. The SMILES string of the molecule is O=S(=O)(NC1CC2=C(c3ccn(C(F)F)n3)[C@H](c3ccc(F)cc3Cl)N=C(c3nccs3)N2C1)N1CCC(O)(c2cccnc2)CC1. The molecule has 4 aromatic rings. The van der Waals surface area contributed by atoms with Crippen LogP contribution in [0.25, 0.3) is 5.57 Å². The Morgan fingerprint density at radius 1 is 1.15 bits per heavy atom. The van der Waals surface area contributed by atoms with Crippen molar-refractivity contribution in [1.82, 2.24) is 33.7 Å². The Morgan fingerprint density at radius 2 is 1.96 bits per heavy atom. The number of rotatable bonds is 8. The van der Waals surface area contributed by atoms with Crippen LogP contribution in [-0.2, 0) is 15.8 Å². The van der Waals surface area contributed by atoms with E-state index in [-0.39, 0.29) is 49.6 Å². The molecule has 6 heterocycles. The third kappa shape index (κ3) is 6.09. The average molecular weight is 705 g/mol. The first-order chi connectivity index (χ1) is 22.5. The first-order valence-electron chi connectivity index (χ1n) is 14.7. The molecule has 17 heteroatoms. The highest BCUT2D eigenvalue weighted by Gasteiger charge is 2.44. The summed E-state index contributed by atoms with van der Waals surface area (Å²) in [4.78, 5) is 15.3. The largest absolute Gasteiger partial charge is 0.385 e. The van der Waals surface area contributed by atoms with Crippen molar-refractivity contribution in [3.8, 4) is 0 Å². The molecule has 2 atom stereocenters. The van der Waals surface area contributed by atoms with Crippen LogP contribution in [-0.4, -0.2) is 74.0 Å². The first kappa shape index (κ1) is 31.9. The molecule has 2 N–H and O–H groups in total. The van der Waals surface area contributed by atoms with E-state index < -0.39 is 40.3 Å². The highest BCUT2D eigenvalue weighted by atomic mass is 35.5. The number of hydrogen-bond donors (Lipinski definition) is 2. The molecule has 2 fully saturated rings. The van der Waals surface area contributed by atoms with Gasteiger partial charge in [-0.25, -0.2) is 14.1 Å². The number of aliphatic imine (C=N–C) groups is 1. The fraction of sp³-hybridized carbons (Fsp3) is 0.333. The summed E-state index contributed by atoms with van der Waals surface area (Å²) in [6.07, 6.45) is 6.52. The molecule has 0 bridgehead atoms.